The van der Waals surface area contributed by atoms with Gasteiger partial charge in [-0.3, -0.25) is 4.79 Å². The molecule has 0 aromatic heterocycles. The molecule has 17 heavy (non-hydrogen) atoms. The van der Waals surface area contributed by atoms with Crippen molar-refractivity contribution in [2.24, 2.45) is 5.16 Å². The van der Waals surface area contributed by atoms with Gasteiger partial charge in [0.25, 0.3) is 0 Å². The van der Waals surface area contributed by atoms with Crippen LogP contribution in [0.4, 0.5) is 0 Å². The minimum atomic E-state index is -0.298. The molecule has 1 aromatic rings. The van der Waals surface area contributed by atoms with Gasteiger partial charge < -0.3 is 14.7 Å². The van der Waals surface area contributed by atoms with Crippen LogP contribution in [0.2, 0.25) is 0 Å². The molecule has 2 rings (SSSR count). The second-order valence-corrected chi connectivity index (χ2v) is 3.20. The van der Waals surface area contributed by atoms with Crippen molar-refractivity contribution < 1.29 is 19.5 Å². The highest BCUT2D eigenvalue weighted by Crippen LogP contribution is 1.97. The lowest BCUT2D eigenvalue weighted by Crippen LogP contribution is -2.16. The summed E-state index contributed by atoms with van der Waals surface area (Å²) in [7, 11) is 0. The van der Waals surface area contributed by atoms with E-state index in [4.69, 9.17) is 14.7 Å². The predicted octanol–water partition coefficient (Wildman–Crippen LogP) is 1.36. The van der Waals surface area contributed by atoms with E-state index in [9.17, 15) is 4.79 Å². The Balaban J connectivity index is 0.000000202. The van der Waals surface area contributed by atoms with Gasteiger partial charge in [0.05, 0.1) is 26.4 Å². The van der Waals surface area contributed by atoms with Crippen LogP contribution >= 0.6 is 0 Å². The lowest BCUT2D eigenvalue weighted by atomic mass is 10.1. The summed E-state index contributed by atoms with van der Waals surface area (Å²) >= 11 is 0. The third-order valence-electron chi connectivity index (χ3n) is 1.98. The molecule has 1 aliphatic rings. The van der Waals surface area contributed by atoms with E-state index in [2.05, 4.69) is 5.16 Å². The van der Waals surface area contributed by atoms with Crippen LogP contribution in [-0.2, 0) is 9.47 Å². The number of ether oxygens (including phenoxy) is 2. The van der Waals surface area contributed by atoms with E-state index in [0.717, 1.165) is 32.6 Å². The van der Waals surface area contributed by atoms with E-state index in [1.807, 2.05) is 6.07 Å². The summed E-state index contributed by atoms with van der Waals surface area (Å²) in [6.07, 6.45) is 0.870. The Hall–Kier alpha value is -1.72. The maximum Gasteiger partial charge on any atom is 0.207 e. The third kappa shape index (κ3) is 5.79. The smallest absolute Gasteiger partial charge is 0.207 e. The molecule has 0 spiro atoms. The molecule has 1 heterocycles. The predicted molar refractivity (Wildman–Crippen MR) is 62.7 cm³/mol. The van der Waals surface area contributed by atoms with Gasteiger partial charge in [0, 0.05) is 5.56 Å². The number of carbonyl (C=O) groups is 1. The minimum Gasteiger partial charge on any atom is -0.411 e. The van der Waals surface area contributed by atoms with Crippen molar-refractivity contribution in [2.45, 2.75) is 0 Å². The zero-order valence-corrected chi connectivity index (χ0v) is 9.41. The topological polar surface area (TPSA) is 68.1 Å². The molecule has 1 fully saturated rings. The summed E-state index contributed by atoms with van der Waals surface area (Å²) in [4.78, 5) is 10.9. The van der Waals surface area contributed by atoms with Crippen LogP contribution in [0.15, 0.2) is 35.5 Å². The molecule has 0 radical (unpaired) electrons. The first-order valence-corrected chi connectivity index (χ1v) is 5.27. The second-order valence-electron chi connectivity index (χ2n) is 3.20. The fraction of sp³-hybridized carbons (Fsp3) is 0.333. The third-order valence-corrected chi connectivity index (χ3v) is 1.98. The van der Waals surface area contributed by atoms with Crippen molar-refractivity contribution >= 4 is 12.0 Å². The van der Waals surface area contributed by atoms with Gasteiger partial charge in [0.15, 0.2) is 0 Å². The molecule has 1 N–H and O–H groups in total. The SMILES string of the molecule is C1COCCO1.O=C(C=NO)c1ccccc1. The van der Waals surface area contributed by atoms with Gasteiger partial charge in [-0.25, -0.2) is 0 Å². The summed E-state index contributed by atoms with van der Waals surface area (Å²) in [6, 6.07) is 8.62. The number of hydrogen-bond donors (Lipinski definition) is 1. The molecular formula is C12H15NO4. The van der Waals surface area contributed by atoms with Crippen molar-refractivity contribution in [3.63, 3.8) is 0 Å². The highest BCUT2D eigenvalue weighted by Gasteiger charge is 1.99. The van der Waals surface area contributed by atoms with Gasteiger partial charge in [-0.2, -0.15) is 0 Å². The number of oxime groups is 1. The maximum atomic E-state index is 10.9. The van der Waals surface area contributed by atoms with E-state index in [0.29, 0.717) is 5.56 Å². The zero-order valence-electron chi connectivity index (χ0n) is 9.41. The van der Waals surface area contributed by atoms with Crippen molar-refractivity contribution in [1.29, 1.82) is 0 Å². The number of rotatable bonds is 2. The molecule has 0 aliphatic carbocycles. The first-order valence-electron chi connectivity index (χ1n) is 5.27. The fourth-order valence-electron chi connectivity index (χ4n) is 1.17. The largest absolute Gasteiger partial charge is 0.411 e. The van der Waals surface area contributed by atoms with Gasteiger partial charge in [-0.15, -0.1) is 0 Å². The number of hydrogen-bond acceptors (Lipinski definition) is 5. The Morgan fingerprint density at radius 2 is 1.65 bits per heavy atom. The maximum absolute atomic E-state index is 10.9. The zero-order chi connectivity index (χ0) is 12.3. The highest BCUT2D eigenvalue weighted by molar-refractivity contribution is 6.35. The molecule has 0 bridgehead atoms. The van der Waals surface area contributed by atoms with E-state index in [1.54, 1.807) is 24.3 Å². The Kier molecular flexibility index (Phi) is 6.62. The molecule has 0 unspecified atom stereocenters. The van der Waals surface area contributed by atoms with Crippen LogP contribution in [0, 0.1) is 0 Å². The Morgan fingerprint density at radius 3 is 2.06 bits per heavy atom. The van der Waals surface area contributed by atoms with E-state index < -0.39 is 0 Å². The molecule has 92 valence electrons. The average Bonchev–Trinajstić information content (AvgIpc) is 2.43. The molecule has 0 amide bonds. The number of Topliss-reactive ketones (excluding diaryl/α,β-unsaturated/α-hetero) is 1. The Bertz CT molecular complexity index is 335. The fourth-order valence-corrected chi connectivity index (χ4v) is 1.17. The van der Waals surface area contributed by atoms with Crippen molar-refractivity contribution in [3.05, 3.63) is 35.9 Å². The number of carbonyl (C=O) groups excluding carboxylic acids is 1. The van der Waals surface area contributed by atoms with E-state index in [-0.39, 0.29) is 5.78 Å². The summed E-state index contributed by atoms with van der Waals surface area (Å²) < 4.78 is 9.89. The monoisotopic (exact) mass is 237 g/mol. The first-order chi connectivity index (χ1) is 8.34. The van der Waals surface area contributed by atoms with Crippen LogP contribution in [0.25, 0.3) is 0 Å². The summed E-state index contributed by atoms with van der Waals surface area (Å²) in [5.41, 5.74) is 0.519. The minimum absolute atomic E-state index is 0.298. The molecule has 5 heteroatoms. The van der Waals surface area contributed by atoms with Crippen LogP contribution in [0.5, 0.6) is 0 Å². The normalized spacial score (nSPS) is 15.1. The average molecular weight is 237 g/mol. The van der Waals surface area contributed by atoms with Gasteiger partial charge in [0.1, 0.15) is 6.21 Å². The van der Waals surface area contributed by atoms with Gasteiger partial charge in [0.2, 0.25) is 5.78 Å². The number of benzene rings is 1. The van der Waals surface area contributed by atoms with Crippen LogP contribution in [0.1, 0.15) is 10.4 Å². The van der Waals surface area contributed by atoms with Crippen LogP contribution in [0.3, 0.4) is 0 Å². The summed E-state index contributed by atoms with van der Waals surface area (Å²) in [5.74, 6) is -0.298. The molecule has 1 saturated heterocycles. The quantitative estimate of drug-likeness (QED) is 0.365. The van der Waals surface area contributed by atoms with Crippen molar-refractivity contribution in [2.75, 3.05) is 26.4 Å². The van der Waals surface area contributed by atoms with Gasteiger partial charge in [-0.1, -0.05) is 35.5 Å². The standard InChI is InChI=1S/C8H7NO2.C4H8O2/c10-8(6-9-11)7-4-2-1-3-5-7;1-2-6-4-3-5-1/h1-6,11H;1-4H2. The van der Waals surface area contributed by atoms with Crippen LogP contribution in [-0.4, -0.2) is 43.6 Å². The first kappa shape index (κ1) is 13.3. The van der Waals surface area contributed by atoms with Gasteiger partial charge >= 0.3 is 0 Å². The van der Waals surface area contributed by atoms with Crippen molar-refractivity contribution in [1.82, 2.24) is 0 Å². The molecule has 1 aliphatic heterocycles. The van der Waals surface area contributed by atoms with Crippen molar-refractivity contribution in [3.8, 4) is 0 Å². The molecule has 0 saturated carbocycles. The molecule has 0 atom stereocenters. The number of nitrogens with zero attached hydrogens (tertiary/aromatic N) is 1. The van der Waals surface area contributed by atoms with Crippen LogP contribution < -0.4 is 0 Å². The second kappa shape index (κ2) is 8.43. The molecule has 5 nitrogen and oxygen atoms in total. The number of ketones is 1. The lowest BCUT2D eigenvalue weighted by molar-refractivity contribution is -0.0334. The highest BCUT2D eigenvalue weighted by atomic mass is 16.6. The molecule has 1 aromatic carbocycles. The van der Waals surface area contributed by atoms with E-state index in [1.165, 1.54) is 0 Å². The Morgan fingerprint density at radius 1 is 1.12 bits per heavy atom. The molecular weight excluding hydrogens is 222 g/mol. The Labute approximate surface area is 99.7 Å². The summed E-state index contributed by atoms with van der Waals surface area (Å²) in [5, 5.41) is 10.7. The van der Waals surface area contributed by atoms with Gasteiger partial charge in [-0.05, 0) is 0 Å². The summed E-state index contributed by atoms with van der Waals surface area (Å²) in [6.45, 7) is 3.11. The lowest BCUT2D eigenvalue weighted by Gasteiger charge is -2.09. The van der Waals surface area contributed by atoms with E-state index >= 15 is 0 Å².